The molecule has 3 heterocycles. The molecule has 0 bridgehead atoms. The minimum absolute atomic E-state index is 0.0153. The molecule has 1 amide bonds. The summed E-state index contributed by atoms with van der Waals surface area (Å²) < 4.78 is 25.4. The fourth-order valence-electron chi connectivity index (χ4n) is 3.12. The zero-order valence-electron chi connectivity index (χ0n) is 14.3. The summed E-state index contributed by atoms with van der Waals surface area (Å²) >= 11 is 1.33. The van der Waals surface area contributed by atoms with E-state index in [2.05, 4.69) is 10.2 Å². The van der Waals surface area contributed by atoms with E-state index in [9.17, 15) is 13.2 Å². The number of fused-ring (bicyclic) bond motifs is 1. The van der Waals surface area contributed by atoms with Gasteiger partial charge in [-0.3, -0.25) is 9.20 Å². The zero-order chi connectivity index (χ0) is 18.0. The molecule has 0 N–H and O–H groups in total. The highest BCUT2D eigenvalue weighted by Gasteiger charge is 2.36. The fraction of sp³-hybridized carbons (Fsp3) is 0.562. The second kappa shape index (κ2) is 7.33. The number of rotatable bonds is 6. The molecule has 2 aromatic rings. The molecule has 0 saturated carbocycles. The van der Waals surface area contributed by atoms with Crippen LogP contribution in [0.1, 0.15) is 26.7 Å². The Balaban J connectivity index is 1.72. The standard InChI is InChI=1S/C16H22N4O3S2/c1-3-12(2)20(13-7-9-25(22,23)11-13)15(21)10-24-16-18-17-14-6-4-5-8-19(14)16/h4-6,8,12-13H,3,7,9-11H2,1-2H3/t12-,13-/m1/s1. The van der Waals surface area contributed by atoms with Crippen molar-refractivity contribution in [3.05, 3.63) is 24.4 Å². The molecular formula is C16H22N4O3S2. The predicted molar refractivity (Wildman–Crippen MR) is 97.4 cm³/mol. The molecule has 0 spiro atoms. The second-order valence-electron chi connectivity index (χ2n) is 6.32. The van der Waals surface area contributed by atoms with Crippen molar-refractivity contribution in [3.63, 3.8) is 0 Å². The normalized spacial score (nSPS) is 20.6. The molecular weight excluding hydrogens is 360 g/mol. The minimum Gasteiger partial charge on any atom is -0.335 e. The van der Waals surface area contributed by atoms with E-state index in [0.29, 0.717) is 11.6 Å². The van der Waals surface area contributed by atoms with Gasteiger partial charge in [-0.1, -0.05) is 24.8 Å². The summed E-state index contributed by atoms with van der Waals surface area (Å²) in [5.74, 6) is 0.409. The number of aromatic nitrogens is 3. The highest BCUT2D eigenvalue weighted by atomic mass is 32.2. The molecule has 25 heavy (non-hydrogen) atoms. The van der Waals surface area contributed by atoms with Crippen LogP contribution in [0.2, 0.25) is 0 Å². The predicted octanol–water partition coefficient (Wildman–Crippen LogP) is 1.64. The van der Waals surface area contributed by atoms with Gasteiger partial charge >= 0.3 is 0 Å². The SMILES string of the molecule is CC[C@@H](C)N(C(=O)CSc1nnc2ccccn12)[C@@H]1CCS(=O)(=O)C1. The molecule has 0 unspecified atom stereocenters. The van der Waals surface area contributed by atoms with Crippen LogP contribution in [0.5, 0.6) is 0 Å². The number of nitrogens with zero attached hydrogens (tertiary/aromatic N) is 4. The van der Waals surface area contributed by atoms with Crippen LogP contribution < -0.4 is 0 Å². The monoisotopic (exact) mass is 382 g/mol. The van der Waals surface area contributed by atoms with Crippen molar-refractivity contribution < 1.29 is 13.2 Å². The molecule has 1 aliphatic rings. The van der Waals surface area contributed by atoms with Gasteiger partial charge in [-0.25, -0.2) is 8.42 Å². The summed E-state index contributed by atoms with van der Waals surface area (Å²) in [5, 5.41) is 8.86. The topological polar surface area (TPSA) is 84.6 Å². The first kappa shape index (κ1) is 18.2. The van der Waals surface area contributed by atoms with Gasteiger partial charge in [0.15, 0.2) is 20.6 Å². The van der Waals surface area contributed by atoms with E-state index in [1.165, 1.54) is 11.8 Å². The number of carbonyl (C=O) groups excluding carboxylic acids is 1. The van der Waals surface area contributed by atoms with Crippen molar-refractivity contribution >= 4 is 33.2 Å². The molecule has 1 fully saturated rings. The Labute approximate surface area is 151 Å². The molecule has 2 atom stereocenters. The number of sulfone groups is 1. The smallest absolute Gasteiger partial charge is 0.233 e. The fourth-order valence-corrected chi connectivity index (χ4v) is 5.62. The molecule has 0 aromatic carbocycles. The largest absolute Gasteiger partial charge is 0.335 e. The number of carbonyl (C=O) groups is 1. The van der Waals surface area contributed by atoms with E-state index in [0.717, 1.165) is 12.1 Å². The van der Waals surface area contributed by atoms with E-state index in [1.807, 2.05) is 42.6 Å². The van der Waals surface area contributed by atoms with E-state index in [4.69, 9.17) is 0 Å². The zero-order valence-corrected chi connectivity index (χ0v) is 16.0. The van der Waals surface area contributed by atoms with Gasteiger partial charge in [0.1, 0.15) is 0 Å². The average molecular weight is 383 g/mol. The maximum atomic E-state index is 12.8. The van der Waals surface area contributed by atoms with Crippen molar-refractivity contribution in [1.82, 2.24) is 19.5 Å². The Hall–Kier alpha value is -1.61. The molecule has 1 aliphatic heterocycles. The van der Waals surface area contributed by atoms with Crippen LogP contribution >= 0.6 is 11.8 Å². The lowest BCUT2D eigenvalue weighted by Crippen LogP contribution is -2.47. The molecule has 136 valence electrons. The average Bonchev–Trinajstić information content (AvgIpc) is 3.16. The molecule has 1 saturated heterocycles. The van der Waals surface area contributed by atoms with E-state index in [-0.39, 0.29) is 35.2 Å². The Morgan fingerprint density at radius 2 is 2.24 bits per heavy atom. The number of hydrogen-bond donors (Lipinski definition) is 0. The Bertz CT molecular complexity index is 865. The van der Waals surface area contributed by atoms with Crippen molar-refractivity contribution in [2.45, 2.75) is 43.9 Å². The van der Waals surface area contributed by atoms with Crippen molar-refractivity contribution in [1.29, 1.82) is 0 Å². The van der Waals surface area contributed by atoms with Gasteiger partial charge in [-0.15, -0.1) is 10.2 Å². The van der Waals surface area contributed by atoms with Gasteiger partial charge in [-0.2, -0.15) is 0 Å². The van der Waals surface area contributed by atoms with Crippen molar-refractivity contribution in [2.24, 2.45) is 0 Å². The van der Waals surface area contributed by atoms with Crippen LogP contribution in [-0.2, 0) is 14.6 Å². The highest BCUT2D eigenvalue weighted by Crippen LogP contribution is 2.24. The molecule has 3 rings (SSSR count). The molecule has 0 aliphatic carbocycles. The van der Waals surface area contributed by atoms with Gasteiger partial charge < -0.3 is 4.90 Å². The Morgan fingerprint density at radius 3 is 2.92 bits per heavy atom. The molecule has 7 nitrogen and oxygen atoms in total. The lowest BCUT2D eigenvalue weighted by Gasteiger charge is -2.33. The van der Waals surface area contributed by atoms with Gasteiger partial charge in [0.2, 0.25) is 5.91 Å². The van der Waals surface area contributed by atoms with Crippen LogP contribution in [-0.4, -0.2) is 63.2 Å². The number of amides is 1. The summed E-state index contributed by atoms with van der Waals surface area (Å²) in [6.45, 7) is 3.98. The van der Waals surface area contributed by atoms with Gasteiger partial charge in [0, 0.05) is 18.3 Å². The van der Waals surface area contributed by atoms with Gasteiger partial charge in [0.05, 0.1) is 17.3 Å². The van der Waals surface area contributed by atoms with Crippen LogP contribution in [0.25, 0.3) is 5.65 Å². The summed E-state index contributed by atoms with van der Waals surface area (Å²) in [6, 6.07) is 5.42. The Kier molecular flexibility index (Phi) is 5.33. The summed E-state index contributed by atoms with van der Waals surface area (Å²) in [7, 11) is -3.03. The lowest BCUT2D eigenvalue weighted by molar-refractivity contribution is -0.132. The van der Waals surface area contributed by atoms with Gasteiger partial charge in [-0.05, 0) is 31.9 Å². The van der Waals surface area contributed by atoms with E-state index in [1.54, 1.807) is 4.90 Å². The van der Waals surface area contributed by atoms with Crippen LogP contribution in [0.15, 0.2) is 29.6 Å². The van der Waals surface area contributed by atoms with Crippen LogP contribution in [0.3, 0.4) is 0 Å². The first-order chi connectivity index (χ1) is 11.9. The lowest BCUT2D eigenvalue weighted by atomic mass is 10.1. The van der Waals surface area contributed by atoms with Gasteiger partial charge in [0.25, 0.3) is 0 Å². The third-order valence-corrected chi connectivity index (χ3v) is 7.24. The van der Waals surface area contributed by atoms with Crippen LogP contribution in [0.4, 0.5) is 0 Å². The number of hydrogen-bond acceptors (Lipinski definition) is 6. The maximum absolute atomic E-state index is 12.8. The first-order valence-corrected chi connectivity index (χ1v) is 11.2. The third-order valence-electron chi connectivity index (χ3n) is 4.56. The van der Waals surface area contributed by atoms with Crippen molar-refractivity contribution in [2.75, 3.05) is 17.3 Å². The van der Waals surface area contributed by atoms with Crippen LogP contribution in [0, 0.1) is 0 Å². The quantitative estimate of drug-likeness (QED) is 0.706. The molecule has 2 aromatic heterocycles. The third kappa shape index (κ3) is 3.98. The maximum Gasteiger partial charge on any atom is 0.233 e. The summed E-state index contributed by atoms with van der Waals surface area (Å²) in [6.07, 6.45) is 3.18. The van der Waals surface area contributed by atoms with Crippen molar-refractivity contribution in [3.8, 4) is 0 Å². The first-order valence-electron chi connectivity index (χ1n) is 8.35. The Morgan fingerprint density at radius 1 is 1.44 bits per heavy atom. The van der Waals surface area contributed by atoms with E-state index < -0.39 is 9.84 Å². The number of pyridine rings is 1. The minimum atomic E-state index is -3.03. The highest BCUT2D eigenvalue weighted by molar-refractivity contribution is 7.99. The number of thioether (sulfide) groups is 1. The van der Waals surface area contributed by atoms with E-state index >= 15 is 0 Å². The summed E-state index contributed by atoms with van der Waals surface area (Å²) in [4.78, 5) is 14.6. The molecule has 9 heteroatoms. The molecule has 0 radical (unpaired) electrons. The summed E-state index contributed by atoms with van der Waals surface area (Å²) in [5.41, 5.74) is 0.734. The second-order valence-corrected chi connectivity index (χ2v) is 9.49.